The van der Waals surface area contributed by atoms with Gasteiger partial charge in [-0.25, -0.2) is 9.97 Å². The minimum absolute atomic E-state index is 0.658. The molecule has 0 bridgehead atoms. The third kappa shape index (κ3) is 3.81. The lowest BCUT2D eigenvalue weighted by atomic mass is 10.0. The van der Waals surface area contributed by atoms with Crippen molar-refractivity contribution < 1.29 is 0 Å². The zero-order chi connectivity index (χ0) is 32.8. The van der Waals surface area contributed by atoms with Gasteiger partial charge in [0.2, 0.25) is 5.95 Å². The van der Waals surface area contributed by atoms with Crippen LogP contribution in [0.2, 0.25) is 0 Å². The molecule has 0 aliphatic heterocycles. The molecule has 4 nitrogen and oxygen atoms in total. The Kier molecular flexibility index (Phi) is 5.63. The number of fused-ring (bicyclic) bond motifs is 11. The average molecular weight is 637 g/mol. The molecule has 3 heterocycles. The van der Waals surface area contributed by atoms with Crippen molar-refractivity contribution in [2.45, 2.75) is 0 Å². The molecule has 11 rings (SSSR count). The first-order valence-corrected chi connectivity index (χ1v) is 17.0. The van der Waals surface area contributed by atoms with Gasteiger partial charge in [0.15, 0.2) is 0 Å². The van der Waals surface area contributed by atoms with Crippen LogP contribution < -0.4 is 0 Å². The molecule has 0 atom stereocenters. The highest BCUT2D eigenvalue weighted by atomic mass is 15.2. The van der Waals surface area contributed by atoms with E-state index in [1.165, 1.54) is 37.8 Å². The molecule has 8 aromatic carbocycles. The molecule has 0 fully saturated rings. The topological polar surface area (TPSA) is 35.6 Å². The van der Waals surface area contributed by atoms with Gasteiger partial charge in [0.25, 0.3) is 0 Å². The van der Waals surface area contributed by atoms with Crippen LogP contribution in [0.5, 0.6) is 0 Å². The summed E-state index contributed by atoms with van der Waals surface area (Å²) in [5.41, 5.74) is 8.55. The van der Waals surface area contributed by atoms with Gasteiger partial charge in [-0.2, -0.15) is 0 Å². The Bertz CT molecular complexity index is 3140. The van der Waals surface area contributed by atoms with Crippen molar-refractivity contribution in [3.63, 3.8) is 0 Å². The fourth-order valence-corrected chi connectivity index (χ4v) is 8.09. The van der Waals surface area contributed by atoms with Crippen molar-refractivity contribution in [3.05, 3.63) is 170 Å². The van der Waals surface area contributed by atoms with Crippen LogP contribution in [-0.4, -0.2) is 19.1 Å². The van der Waals surface area contributed by atoms with E-state index in [9.17, 15) is 0 Å². The van der Waals surface area contributed by atoms with Crippen LogP contribution in [0.4, 0.5) is 0 Å². The molecule has 0 radical (unpaired) electrons. The number of para-hydroxylation sites is 2. The van der Waals surface area contributed by atoms with Crippen LogP contribution >= 0.6 is 0 Å². The predicted molar refractivity (Wildman–Crippen MR) is 209 cm³/mol. The summed E-state index contributed by atoms with van der Waals surface area (Å²) >= 11 is 0. The van der Waals surface area contributed by atoms with Crippen molar-refractivity contribution in [1.29, 1.82) is 0 Å². The van der Waals surface area contributed by atoms with E-state index in [1.807, 2.05) is 0 Å². The maximum atomic E-state index is 5.42. The van der Waals surface area contributed by atoms with E-state index in [2.05, 4.69) is 179 Å². The van der Waals surface area contributed by atoms with Crippen molar-refractivity contribution in [1.82, 2.24) is 19.1 Å². The first kappa shape index (κ1) is 27.2. The van der Waals surface area contributed by atoms with Gasteiger partial charge in [0, 0.05) is 43.6 Å². The van der Waals surface area contributed by atoms with Gasteiger partial charge in [-0.15, -0.1) is 0 Å². The maximum Gasteiger partial charge on any atom is 0.235 e. The number of rotatable bonds is 3. The predicted octanol–water partition coefficient (Wildman–Crippen LogP) is 11.8. The van der Waals surface area contributed by atoms with Crippen LogP contribution in [0, 0.1) is 0 Å². The molecule has 0 amide bonds. The molecule has 50 heavy (non-hydrogen) atoms. The van der Waals surface area contributed by atoms with E-state index >= 15 is 0 Å². The summed E-state index contributed by atoms with van der Waals surface area (Å²) in [5, 5.41) is 10.6. The molecule has 4 heteroatoms. The fourth-order valence-electron chi connectivity index (χ4n) is 8.09. The van der Waals surface area contributed by atoms with Crippen LogP contribution in [-0.2, 0) is 0 Å². The number of hydrogen-bond acceptors (Lipinski definition) is 2. The highest BCUT2D eigenvalue weighted by molar-refractivity contribution is 6.25. The van der Waals surface area contributed by atoms with Crippen molar-refractivity contribution in [2.75, 3.05) is 0 Å². The summed E-state index contributed by atoms with van der Waals surface area (Å²) in [6.45, 7) is 0. The Hall–Kier alpha value is -6.78. The number of aromatic nitrogens is 4. The normalized spacial score (nSPS) is 12.0. The summed E-state index contributed by atoms with van der Waals surface area (Å²) in [7, 11) is 0. The second-order valence-electron chi connectivity index (χ2n) is 13.0. The molecule has 232 valence electrons. The van der Waals surface area contributed by atoms with E-state index in [4.69, 9.17) is 9.97 Å². The molecule has 0 saturated carbocycles. The molecule has 3 aromatic heterocycles. The standard InChI is InChI=1S/C46H28N4/c1-3-15-31(16-4-1)44-36-25-23-30-14-8-10-20-34(30)45(36)48-46(47-44)50-39-22-12-11-21-35(39)37-27-38-42(28-41(37)50)49(32-17-5-2-6-18-32)40-26-24-29-13-7-9-19-33(29)43(38)40/h1-28H. The smallest absolute Gasteiger partial charge is 0.235 e. The molecule has 0 aliphatic rings. The minimum Gasteiger partial charge on any atom is -0.309 e. The van der Waals surface area contributed by atoms with Crippen LogP contribution in [0.25, 0.3) is 99.0 Å². The molecule has 0 N–H and O–H groups in total. The molecular weight excluding hydrogens is 609 g/mol. The Morgan fingerprint density at radius 1 is 0.360 bits per heavy atom. The zero-order valence-corrected chi connectivity index (χ0v) is 27.0. The fraction of sp³-hybridized carbons (Fsp3) is 0. The minimum atomic E-state index is 0.658. The van der Waals surface area contributed by atoms with Gasteiger partial charge in [-0.05, 0) is 58.6 Å². The van der Waals surface area contributed by atoms with E-state index in [-0.39, 0.29) is 0 Å². The van der Waals surface area contributed by atoms with Crippen molar-refractivity contribution >= 4 is 76.1 Å². The van der Waals surface area contributed by atoms with Crippen LogP contribution in [0.1, 0.15) is 0 Å². The lowest BCUT2D eigenvalue weighted by Gasteiger charge is -2.13. The largest absolute Gasteiger partial charge is 0.309 e. The van der Waals surface area contributed by atoms with E-state index in [0.29, 0.717) is 5.95 Å². The van der Waals surface area contributed by atoms with Gasteiger partial charge in [0.1, 0.15) is 0 Å². The maximum absolute atomic E-state index is 5.42. The third-order valence-corrected chi connectivity index (χ3v) is 10.3. The summed E-state index contributed by atoms with van der Waals surface area (Å²) in [6, 6.07) is 60.6. The van der Waals surface area contributed by atoms with Crippen LogP contribution in [0.15, 0.2) is 170 Å². The van der Waals surface area contributed by atoms with E-state index in [1.54, 1.807) is 0 Å². The van der Waals surface area contributed by atoms with Gasteiger partial charge in [-0.3, -0.25) is 4.57 Å². The van der Waals surface area contributed by atoms with Gasteiger partial charge >= 0.3 is 0 Å². The Morgan fingerprint density at radius 3 is 1.82 bits per heavy atom. The van der Waals surface area contributed by atoms with E-state index in [0.717, 1.165) is 55.2 Å². The molecule has 0 spiro atoms. The lowest BCUT2D eigenvalue weighted by molar-refractivity contribution is 1.02. The summed E-state index contributed by atoms with van der Waals surface area (Å²) < 4.78 is 4.67. The zero-order valence-electron chi connectivity index (χ0n) is 27.0. The second-order valence-corrected chi connectivity index (χ2v) is 13.0. The quantitative estimate of drug-likeness (QED) is 0.181. The van der Waals surface area contributed by atoms with Gasteiger partial charge < -0.3 is 4.57 Å². The summed E-state index contributed by atoms with van der Waals surface area (Å²) in [4.78, 5) is 10.8. The Balaban J connectivity index is 1.32. The third-order valence-electron chi connectivity index (χ3n) is 10.3. The SMILES string of the molecule is c1ccc(-c2nc(-n3c4ccccc4c4cc5c6c7ccccc7ccc6n(-c6ccccc6)c5cc43)nc3c2ccc2ccccc23)cc1. The first-order chi connectivity index (χ1) is 24.8. The highest BCUT2D eigenvalue weighted by Gasteiger charge is 2.22. The number of nitrogens with zero attached hydrogens (tertiary/aromatic N) is 4. The Morgan fingerprint density at radius 2 is 1.00 bits per heavy atom. The second kappa shape index (κ2) is 10.4. The summed E-state index contributed by atoms with van der Waals surface area (Å²) in [6.07, 6.45) is 0. The molecule has 0 unspecified atom stereocenters. The lowest BCUT2D eigenvalue weighted by Crippen LogP contribution is -2.04. The number of benzene rings is 8. The highest BCUT2D eigenvalue weighted by Crippen LogP contribution is 2.42. The van der Waals surface area contributed by atoms with Crippen LogP contribution in [0.3, 0.4) is 0 Å². The van der Waals surface area contributed by atoms with E-state index < -0.39 is 0 Å². The summed E-state index contributed by atoms with van der Waals surface area (Å²) in [5.74, 6) is 0.658. The van der Waals surface area contributed by atoms with Gasteiger partial charge in [-0.1, -0.05) is 127 Å². The van der Waals surface area contributed by atoms with Crippen molar-refractivity contribution in [2.24, 2.45) is 0 Å². The monoisotopic (exact) mass is 636 g/mol. The van der Waals surface area contributed by atoms with Crippen molar-refractivity contribution in [3.8, 4) is 22.9 Å². The molecule has 11 aromatic rings. The Labute approximate surface area is 287 Å². The molecule has 0 aliphatic carbocycles. The molecular formula is C46H28N4. The number of hydrogen-bond donors (Lipinski definition) is 0. The molecule has 0 saturated heterocycles. The average Bonchev–Trinajstić information content (AvgIpc) is 3.69. The first-order valence-electron chi connectivity index (χ1n) is 17.0. The van der Waals surface area contributed by atoms with Gasteiger partial charge in [0.05, 0.1) is 33.3 Å².